The first-order valence-electron chi connectivity index (χ1n) is 7.55. The van der Waals surface area contributed by atoms with Crippen LogP contribution >= 0.6 is 0 Å². The van der Waals surface area contributed by atoms with Crippen LogP contribution in [0.5, 0.6) is 0 Å². The van der Waals surface area contributed by atoms with Gasteiger partial charge in [-0.1, -0.05) is 19.3 Å². The molecule has 18 heavy (non-hydrogen) atoms. The quantitative estimate of drug-likeness (QED) is 0.890. The lowest BCUT2D eigenvalue weighted by Crippen LogP contribution is -2.34. The van der Waals surface area contributed by atoms with Gasteiger partial charge in [0.15, 0.2) is 0 Å². The van der Waals surface area contributed by atoms with E-state index in [4.69, 9.17) is 0 Å². The molecule has 1 aromatic heterocycles. The first-order chi connectivity index (χ1) is 8.93. The maximum atomic E-state index is 4.33. The van der Waals surface area contributed by atoms with Crippen LogP contribution in [0, 0.1) is 0 Å². The number of nitrogens with zero attached hydrogens (tertiary/aromatic N) is 3. The Balaban J connectivity index is 1.56. The molecule has 4 heteroatoms. The van der Waals surface area contributed by atoms with Gasteiger partial charge in [0.05, 0.1) is 0 Å². The topological polar surface area (TPSA) is 42.7 Å². The van der Waals surface area contributed by atoms with Crippen LogP contribution in [0.25, 0.3) is 0 Å². The molecule has 1 aliphatic carbocycles. The SMILES string of the molecule is c1nnc(CCC2CCCCN2)n1C1CCCC1. The predicted molar refractivity (Wildman–Crippen MR) is 71.5 cm³/mol. The third-order valence-electron chi connectivity index (χ3n) is 4.49. The molecule has 0 bridgehead atoms. The fraction of sp³-hybridized carbons (Fsp3) is 0.857. The Morgan fingerprint density at radius 1 is 1.17 bits per heavy atom. The van der Waals surface area contributed by atoms with Crippen molar-refractivity contribution < 1.29 is 0 Å². The number of aromatic nitrogens is 3. The summed E-state index contributed by atoms with van der Waals surface area (Å²) < 4.78 is 2.34. The van der Waals surface area contributed by atoms with Crippen molar-refractivity contribution in [3.8, 4) is 0 Å². The van der Waals surface area contributed by atoms with Gasteiger partial charge in [0.2, 0.25) is 0 Å². The van der Waals surface area contributed by atoms with Crippen molar-refractivity contribution in [2.75, 3.05) is 6.54 Å². The summed E-state index contributed by atoms with van der Waals surface area (Å²) in [6, 6.07) is 1.38. The molecule has 1 atom stereocenters. The summed E-state index contributed by atoms with van der Waals surface area (Å²) in [4.78, 5) is 0. The molecule has 3 rings (SSSR count). The Hall–Kier alpha value is -0.900. The zero-order valence-corrected chi connectivity index (χ0v) is 11.1. The second-order valence-electron chi connectivity index (χ2n) is 5.78. The van der Waals surface area contributed by atoms with E-state index in [-0.39, 0.29) is 0 Å². The lowest BCUT2D eigenvalue weighted by molar-refractivity contribution is 0.376. The lowest BCUT2D eigenvalue weighted by atomic mass is 10.0. The van der Waals surface area contributed by atoms with Gasteiger partial charge in [-0.3, -0.25) is 0 Å². The molecule has 1 aromatic rings. The predicted octanol–water partition coefficient (Wildman–Crippen LogP) is 2.47. The van der Waals surface area contributed by atoms with Crippen LogP contribution in [0.1, 0.15) is 63.2 Å². The van der Waals surface area contributed by atoms with Crippen LogP contribution in [0.4, 0.5) is 0 Å². The average molecular weight is 248 g/mol. The maximum absolute atomic E-state index is 4.33. The van der Waals surface area contributed by atoms with Gasteiger partial charge in [0.25, 0.3) is 0 Å². The molecular formula is C14H24N4. The Morgan fingerprint density at radius 2 is 2.00 bits per heavy atom. The molecule has 1 unspecified atom stereocenters. The molecule has 4 nitrogen and oxygen atoms in total. The van der Waals surface area contributed by atoms with Crippen molar-refractivity contribution in [2.45, 2.75) is 69.9 Å². The van der Waals surface area contributed by atoms with Crippen molar-refractivity contribution in [2.24, 2.45) is 0 Å². The largest absolute Gasteiger partial charge is 0.314 e. The molecule has 0 aromatic carbocycles. The highest BCUT2D eigenvalue weighted by Gasteiger charge is 2.20. The molecule has 1 saturated heterocycles. The fourth-order valence-corrected chi connectivity index (χ4v) is 3.41. The van der Waals surface area contributed by atoms with Gasteiger partial charge < -0.3 is 9.88 Å². The second kappa shape index (κ2) is 5.83. The summed E-state index contributed by atoms with van der Waals surface area (Å²) in [5.74, 6) is 1.20. The van der Waals surface area contributed by atoms with Gasteiger partial charge in [-0.15, -0.1) is 10.2 Å². The normalized spacial score (nSPS) is 25.7. The van der Waals surface area contributed by atoms with Crippen molar-refractivity contribution in [3.05, 3.63) is 12.2 Å². The summed E-state index contributed by atoms with van der Waals surface area (Å²) in [5.41, 5.74) is 0. The molecule has 2 heterocycles. The van der Waals surface area contributed by atoms with Crippen LogP contribution in [0.2, 0.25) is 0 Å². The van der Waals surface area contributed by atoms with Crippen LogP contribution in [-0.2, 0) is 6.42 Å². The van der Waals surface area contributed by atoms with Gasteiger partial charge in [-0.25, -0.2) is 0 Å². The van der Waals surface area contributed by atoms with Gasteiger partial charge in [-0.05, 0) is 38.6 Å². The van der Waals surface area contributed by atoms with E-state index in [1.54, 1.807) is 0 Å². The zero-order valence-electron chi connectivity index (χ0n) is 11.1. The first kappa shape index (κ1) is 12.2. The minimum Gasteiger partial charge on any atom is -0.314 e. The smallest absolute Gasteiger partial charge is 0.133 e. The van der Waals surface area contributed by atoms with Crippen LogP contribution < -0.4 is 5.32 Å². The number of rotatable bonds is 4. The van der Waals surface area contributed by atoms with E-state index < -0.39 is 0 Å². The van der Waals surface area contributed by atoms with Crippen LogP contribution in [-0.4, -0.2) is 27.4 Å². The van der Waals surface area contributed by atoms with Crippen LogP contribution in [0.3, 0.4) is 0 Å². The molecule has 2 fully saturated rings. The van der Waals surface area contributed by atoms with Gasteiger partial charge in [-0.2, -0.15) is 0 Å². The molecule has 1 aliphatic heterocycles. The number of hydrogen-bond donors (Lipinski definition) is 1. The number of aryl methyl sites for hydroxylation is 1. The highest BCUT2D eigenvalue weighted by Crippen LogP contribution is 2.30. The molecule has 1 N–H and O–H groups in total. The Bertz CT molecular complexity index is 362. The van der Waals surface area contributed by atoms with Gasteiger partial charge >= 0.3 is 0 Å². The highest BCUT2D eigenvalue weighted by atomic mass is 15.3. The molecule has 0 radical (unpaired) electrons. The zero-order chi connectivity index (χ0) is 12.2. The molecule has 0 amide bonds. The Kier molecular flexibility index (Phi) is 3.93. The van der Waals surface area contributed by atoms with E-state index in [0.717, 1.165) is 6.42 Å². The first-order valence-corrected chi connectivity index (χ1v) is 7.55. The van der Waals surface area contributed by atoms with E-state index in [9.17, 15) is 0 Å². The summed E-state index contributed by atoms with van der Waals surface area (Å²) >= 11 is 0. The minimum absolute atomic E-state index is 0.675. The molecule has 2 aliphatic rings. The summed E-state index contributed by atoms with van der Waals surface area (Å²) in [6.45, 7) is 1.19. The maximum Gasteiger partial charge on any atom is 0.133 e. The molecular weight excluding hydrogens is 224 g/mol. The number of nitrogens with one attached hydrogen (secondary N) is 1. The van der Waals surface area contributed by atoms with E-state index >= 15 is 0 Å². The van der Waals surface area contributed by atoms with Gasteiger partial charge in [0.1, 0.15) is 12.2 Å². The second-order valence-corrected chi connectivity index (χ2v) is 5.78. The van der Waals surface area contributed by atoms with E-state index in [1.165, 1.54) is 63.7 Å². The highest BCUT2D eigenvalue weighted by molar-refractivity contribution is 4.92. The Morgan fingerprint density at radius 3 is 2.78 bits per heavy atom. The van der Waals surface area contributed by atoms with Crippen LogP contribution in [0.15, 0.2) is 6.33 Å². The summed E-state index contributed by atoms with van der Waals surface area (Å²) in [5, 5.41) is 12.1. The lowest BCUT2D eigenvalue weighted by Gasteiger charge is -2.23. The minimum atomic E-state index is 0.675. The average Bonchev–Trinajstić information content (AvgIpc) is 3.08. The van der Waals surface area contributed by atoms with Crippen molar-refractivity contribution in [1.82, 2.24) is 20.1 Å². The van der Waals surface area contributed by atoms with Crippen molar-refractivity contribution >= 4 is 0 Å². The fourth-order valence-electron chi connectivity index (χ4n) is 3.41. The van der Waals surface area contributed by atoms with Gasteiger partial charge in [0, 0.05) is 18.5 Å². The van der Waals surface area contributed by atoms with Crippen molar-refractivity contribution in [3.63, 3.8) is 0 Å². The Labute approximate surface area is 109 Å². The van der Waals surface area contributed by atoms with E-state index in [2.05, 4.69) is 20.1 Å². The number of hydrogen-bond acceptors (Lipinski definition) is 3. The third-order valence-corrected chi connectivity index (χ3v) is 4.49. The molecule has 100 valence electrons. The molecule has 1 saturated carbocycles. The standard InChI is InChI=1S/C14H24N4/c1-2-7-13(6-1)18-11-16-17-14(18)9-8-12-5-3-4-10-15-12/h11-13,15H,1-10H2. The van der Waals surface area contributed by atoms with E-state index in [0.29, 0.717) is 12.1 Å². The monoisotopic (exact) mass is 248 g/mol. The number of piperidine rings is 1. The third kappa shape index (κ3) is 2.74. The summed E-state index contributed by atoms with van der Waals surface area (Å²) in [7, 11) is 0. The van der Waals surface area contributed by atoms with E-state index in [1.807, 2.05) is 6.33 Å². The van der Waals surface area contributed by atoms with Crippen molar-refractivity contribution in [1.29, 1.82) is 0 Å². The molecule has 0 spiro atoms. The summed E-state index contributed by atoms with van der Waals surface area (Å²) in [6.07, 6.45) is 13.6.